The van der Waals surface area contributed by atoms with Gasteiger partial charge in [-0.2, -0.15) is 0 Å². The van der Waals surface area contributed by atoms with Gasteiger partial charge in [-0.3, -0.25) is 19.6 Å². The van der Waals surface area contributed by atoms with Crippen molar-refractivity contribution in [2.75, 3.05) is 20.2 Å². The van der Waals surface area contributed by atoms with Crippen molar-refractivity contribution in [1.29, 1.82) is 0 Å². The van der Waals surface area contributed by atoms with E-state index in [0.29, 0.717) is 18.4 Å². The van der Waals surface area contributed by atoms with Crippen molar-refractivity contribution < 1.29 is 14.3 Å². The molecule has 0 N–H and O–H groups in total. The molecule has 238 valence electrons. The maximum absolute atomic E-state index is 13.4. The smallest absolute Gasteiger partial charge is 0.308 e. The van der Waals surface area contributed by atoms with Gasteiger partial charge in [-0.15, -0.1) is 0 Å². The molecular weight excluding hydrogens is 546 g/mol. The summed E-state index contributed by atoms with van der Waals surface area (Å²) >= 11 is 0. The van der Waals surface area contributed by atoms with Crippen LogP contribution in [0, 0.1) is 23.7 Å². The van der Waals surface area contributed by atoms with Crippen LogP contribution in [0.3, 0.4) is 0 Å². The fraction of sp³-hybridized carbons (Fsp3) is 0.526. The Bertz CT molecular complexity index is 1280. The molecule has 0 radical (unpaired) electrons. The summed E-state index contributed by atoms with van der Waals surface area (Å²) in [5, 5.41) is 0. The zero-order chi connectivity index (χ0) is 32.1. The molecule has 0 heterocycles. The molecule has 0 bridgehead atoms. The van der Waals surface area contributed by atoms with Crippen molar-refractivity contribution in [1.82, 2.24) is 4.90 Å². The number of rotatable bonds is 15. The maximum Gasteiger partial charge on any atom is 0.308 e. The fourth-order valence-corrected chi connectivity index (χ4v) is 5.86. The summed E-state index contributed by atoms with van der Waals surface area (Å²) in [4.78, 5) is 37.5. The van der Waals surface area contributed by atoms with Crippen LogP contribution in [0.4, 0.5) is 0 Å². The van der Waals surface area contributed by atoms with Crippen LogP contribution < -0.4 is 0 Å². The summed E-state index contributed by atoms with van der Waals surface area (Å²) < 4.78 is 4.97. The third kappa shape index (κ3) is 10.0. The van der Waals surface area contributed by atoms with Crippen LogP contribution in [0.5, 0.6) is 0 Å². The van der Waals surface area contributed by atoms with Gasteiger partial charge in [0.05, 0.1) is 30.4 Å². The average molecular weight is 600 g/mol. The molecule has 1 amide bonds. The first kappa shape index (κ1) is 34.9. The third-order valence-electron chi connectivity index (χ3n) is 9.09. The van der Waals surface area contributed by atoms with Gasteiger partial charge < -0.3 is 9.64 Å². The third-order valence-corrected chi connectivity index (χ3v) is 9.09. The lowest BCUT2D eigenvalue weighted by Crippen LogP contribution is -2.35. The van der Waals surface area contributed by atoms with E-state index in [1.54, 1.807) is 6.20 Å². The highest BCUT2D eigenvalue weighted by atomic mass is 16.5. The Labute approximate surface area is 265 Å². The van der Waals surface area contributed by atoms with Gasteiger partial charge in [-0.25, -0.2) is 0 Å². The molecule has 1 aromatic rings. The highest BCUT2D eigenvalue weighted by Gasteiger charge is 2.37. The van der Waals surface area contributed by atoms with Gasteiger partial charge in [0.2, 0.25) is 5.91 Å². The molecule has 1 aromatic carbocycles. The summed E-state index contributed by atoms with van der Waals surface area (Å²) in [5.74, 6) is 0.524. The van der Waals surface area contributed by atoms with Crippen molar-refractivity contribution in [2.24, 2.45) is 33.7 Å². The summed E-state index contributed by atoms with van der Waals surface area (Å²) in [5.41, 5.74) is 5.49. The topological polar surface area (TPSA) is 71.3 Å². The molecule has 1 saturated carbocycles. The fourth-order valence-electron chi connectivity index (χ4n) is 5.86. The number of allylic oxidation sites excluding steroid dienone is 6. The van der Waals surface area contributed by atoms with E-state index in [0.717, 1.165) is 62.2 Å². The minimum Gasteiger partial charge on any atom is -0.469 e. The van der Waals surface area contributed by atoms with Crippen molar-refractivity contribution in [3.63, 3.8) is 0 Å². The molecule has 0 aromatic heterocycles. The minimum absolute atomic E-state index is 0.0358. The highest BCUT2D eigenvalue weighted by Crippen LogP contribution is 2.38. The second kappa shape index (κ2) is 17.7. The SMILES string of the molecule is C/C=C(\C)N=C(C(CC1CC(C(=O)OC)C1)=N/C=C/C(C)C(=O)N(CC)CCC(C)c1ccccc1)C1C=CC(CC)=CC1. The number of benzene rings is 1. The Morgan fingerprint density at radius 3 is 2.45 bits per heavy atom. The van der Waals surface area contributed by atoms with Crippen LogP contribution in [0.15, 0.2) is 88.2 Å². The average Bonchev–Trinajstić information content (AvgIpc) is 3.04. The first-order valence-electron chi connectivity index (χ1n) is 16.4. The summed E-state index contributed by atoms with van der Waals surface area (Å²) in [6.45, 7) is 13.8. The molecule has 3 unspecified atom stereocenters. The van der Waals surface area contributed by atoms with Crippen LogP contribution in [-0.4, -0.2) is 48.4 Å². The molecule has 6 nitrogen and oxygen atoms in total. The quantitative estimate of drug-likeness (QED) is 0.150. The number of hydrogen-bond donors (Lipinski definition) is 0. The number of ether oxygens (including phenoxy) is 1. The first-order valence-corrected chi connectivity index (χ1v) is 16.4. The highest BCUT2D eigenvalue weighted by molar-refractivity contribution is 6.44. The largest absolute Gasteiger partial charge is 0.469 e. The Kier molecular flexibility index (Phi) is 14.0. The number of methoxy groups -OCH3 is 1. The predicted octanol–water partition coefficient (Wildman–Crippen LogP) is 8.49. The molecule has 3 atom stereocenters. The van der Waals surface area contributed by atoms with Crippen molar-refractivity contribution in [3.05, 3.63) is 83.7 Å². The minimum atomic E-state index is -0.290. The molecule has 3 rings (SSSR count). The van der Waals surface area contributed by atoms with Crippen molar-refractivity contribution >= 4 is 23.3 Å². The molecule has 6 heteroatoms. The maximum atomic E-state index is 13.4. The Morgan fingerprint density at radius 1 is 1.14 bits per heavy atom. The van der Waals surface area contributed by atoms with E-state index < -0.39 is 0 Å². The van der Waals surface area contributed by atoms with Gasteiger partial charge in [0.15, 0.2) is 0 Å². The number of amides is 1. The molecule has 0 spiro atoms. The standard InChI is InChI=1S/C38H53N3O3/c1-8-29(6)40-36(33-18-16-30(9-2)17-19-33)35(26-31-24-34(25-31)38(43)44-7)39-22-20-28(5)37(42)41(10-3)23-21-27(4)32-14-12-11-13-15-32/h8,11-18,20,22,27-28,31,33-34H,9-10,19,21,23-26H2,1-7H3/b22-20+,29-8+,39-35?,40-36?. The zero-order valence-corrected chi connectivity index (χ0v) is 28.0. The van der Waals surface area contributed by atoms with E-state index in [1.807, 2.05) is 50.8 Å². The number of nitrogens with zero attached hydrogens (tertiary/aromatic N) is 3. The van der Waals surface area contributed by atoms with Crippen LogP contribution in [0.2, 0.25) is 0 Å². The van der Waals surface area contributed by atoms with Gasteiger partial charge in [-0.05, 0) is 76.7 Å². The number of hydrogen-bond acceptors (Lipinski definition) is 5. The Hall–Kier alpha value is -3.54. The van der Waals surface area contributed by atoms with Gasteiger partial charge >= 0.3 is 5.97 Å². The lowest BCUT2D eigenvalue weighted by Gasteiger charge is -2.34. The van der Waals surface area contributed by atoms with Crippen molar-refractivity contribution in [3.8, 4) is 0 Å². The predicted molar refractivity (Wildman–Crippen MR) is 183 cm³/mol. The van der Waals surface area contributed by atoms with E-state index in [4.69, 9.17) is 14.7 Å². The van der Waals surface area contributed by atoms with E-state index in [1.165, 1.54) is 18.2 Å². The van der Waals surface area contributed by atoms with Crippen LogP contribution >= 0.6 is 0 Å². The monoisotopic (exact) mass is 599 g/mol. The summed E-state index contributed by atoms with van der Waals surface area (Å²) in [7, 11) is 1.46. The van der Waals surface area contributed by atoms with Gasteiger partial charge in [0.25, 0.3) is 0 Å². The van der Waals surface area contributed by atoms with Crippen molar-refractivity contribution in [2.45, 2.75) is 86.0 Å². The molecule has 2 aliphatic rings. The zero-order valence-electron chi connectivity index (χ0n) is 28.0. The van der Waals surface area contributed by atoms with Crippen LogP contribution in [-0.2, 0) is 14.3 Å². The lowest BCUT2D eigenvalue weighted by molar-refractivity contribution is -0.150. The summed E-state index contributed by atoms with van der Waals surface area (Å²) in [6, 6.07) is 10.5. The number of carbonyl (C=O) groups excluding carboxylic acids is 2. The number of aliphatic imine (C=N–C) groups is 2. The summed E-state index contributed by atoms with van der Waals surface area (Å²) in [6.07, 6.45) is 17.6. The molecule has 1 fully saturated rings. The Balaban J connectivity index is 1.79. The van der Waals surface area contributed by atoms with Crippen LogP contribution in [0.1, 0.15) is 91.5 Å². The molecule has 0 saturated heterocycles. The van der Waals surface area contributed by atoms with Gasteiger partial charge in [0.1, 0.15) is 0 Å². The van der Waals surface area contributed by atoms with Gasteiger partial charge in [0, 0.05) is 30.9 Å². The number of carbonyl (C=O) groups is 2. The van der Waals surface area contributed by atoms with Crippen LogP contribution in [0.25, 0.3) is 0 Å². The Morgan fingerprint density at radius 2 is 1.86 bits per heavy atom. The van der Waals surface area contributed by atoms with Gasteiger partial charge in [-0.1, -0.05) is 87.1 Å². The van der Waals surface area contributed by atoms with E-state index in [-0.39, 0.29) is 29.6 Å². The lowest BCUT2D eigenvalue weighted by atomic mass is 9.71. The van der Waals surface area contributed by atoms with E-state index in [2.05, 4.69) is 56.3 Å². The number of esters is 1. The van der Waals surface area contributed by atoms with E-state index in [9.17, 15) is 9.59 Å². The molecular formula is C38H53N3O3. The first-order chi connectivity index (χ1) is 21.2. The molecule has 0 aliphatic heterocycles. The second-order valence-electron chi connectivity index (χ2n) is 12.2. The molecule has 44 heavy (non-hydrogen) atoms. The second-order valence-corrected chi connectivity index (χ2v) is 12.2. The molecule has 2 aliphatic carbocycles. The normalized spacial score (nSPS) is 22.3. The van der Waals surface area contributed by atoms with E-state index >= 15 is 0 Å².